The topological polar surface area (TPSA) is 57.5 Å². The Kier molecular flexibility index (Phi) is 4.17. The highest BCUT2D eigenvalue weighted by Gasteiger charge is 2.15. The summed E-state index contributed by atoms with van der Waals surface area (Å²) in [6.07, 6.45) is 2.48. The zero-order valence-corrected chi connectivity index (χ0v) is 11.0. The molecule has 0 aliphatic rings. The second-order valence-corrected chi connectivity index (χ2v) is 5.42. The van der Waals surface area contributed by atoms with Gasteiger partial charge >= 0.3 is 7.12 Å². The predicted octanol–water partition coefficient (Wildman–Crippen LogP) is 1.95. The molecule has 0 bridgehead atoms. The van der Waals surface area contributed by atoms with Crippen molar-refractivity contribution in [2.24, 2.45) is 0 Å². The molecule has 94 valence electrons. The van der Waals surface area contributed by atoms with Gasteiger partial charge in [-0.1, -0.05) is 13.3 Å². The first-order chi connectivity index (χ1) is 8.61. The lowest BCUT2D eigenvalue weighted by Crippen LogP contribution is -2.26. The van der Waals surface area contributed by atoms with Crippen molar-refractivity contribution >= 4 is 39.1 Å². The van der Waals surface area contributed by atoms with Gasteiger partial charge in [0.15, 0.2) is 5.78 Å². The van der Waals surface area contributed by atoms with Crippen molar-refractivity contribution in [1.29, 1.82) is 0 Å². The van der Waals surface area contributed by atoms with Gasteiger partial charge in [0.25, 0.3) is 0 Å². The number of fused-ring (bicyclic) bond motifs is 1. The first-order valence-electron chi connectivity index (χ1n) is 6.04. The summed E-state index contributed by atoms with van der Waals surface area (Å²) in [7, 11) is -1.44. The smallest absolute Gasteiger partial charge is 0.423 e. The minimum atomic E-state index is -1.44. The van der Waals surface area contributed by atoms with Gasteiger partial charge in [-0.2, -0.15) is 0 Å². The van der Waals surface area contributed by atoms with E-state index < -0.39 is 7.12 Å². The van der Waals surface area contributed by atoms with Gasteiger partial charge in [-0.05, 0) is 36.1 Å². The third-order valence-corrected chi connectivity index (χ3v) is 4.03. The van der Waals surface area contributed by atoms with E-state index in [0.29, 0.717) is 16.8 Å². The van der Waals surface area contributed by atoms with Crippen molar-refractivity contribution in [3.8, 4) is 0 Å². The third-order valence-electron chi connectivity index (χ3n) is 2.87. The van der Waals surface area contributed by atoms with Gasteiger partial charge in [0.2, 0.25) is 0 Å². The molecule has 0 aliphatic heterocycles. The number of unbranched alkanes of at least 4 members (excludes halogenated alkanes) is 1. The van der Waals surface area contributed by atoms with Gasteiger partial charge in [0, 0.05) is 21.5 Å². The number of thiophene rings is 1. The molecule has 0 saturated heterocycles. The summed E-state index contributed by atoms with van der Waals surface area (Å²) in [5.41, 5.74) is 0.702. The molecule has 0 radical (unpaired) electrons. The second kappa shape index (κ2) is 5.65. The number of Topliss-reactive ketones (excluding diaryl/α,β-unsaturated/α-hetero) is 1. The summed E-state index contributed by atoms with van der Waals surface area (Å²) in [4.78, 5) is 11.9. The SMILES string of the molecule is CCCCC(=O)c1ccc2sc(B(O)O)cc2c1. The Hall–Kier alpha value is -1.17. The van der Waals surface area contributed by atoms with E-state index in [2.05, 4.69) is 6.92 Å². The molecular weight excluding hydrogens is 247 g/mol. The quantitative estimate of drug-likeness (QED) is 0.639. The fourth-order valence-corrected chi connectivity index (χ4v) is 2.76. The maximum Gasteiger partial charge on any atom is 0.499 e. The number of carbonyl (C=O) groups excluding carboxylic acids is 1. The lowest BCUT2D eigenvalue weighted by atomic mass is 9.89. The molecule has 0 amide bonds. The van der Waals surface area contributed by atoms with Crippen LogP contribution in [0.4, 0.5) is 0 Å². The maximum absolute atomic E-state index is 11.9. The average molecular weight is 262 g/mol. The number of rotatable bonds is 5. The highest BCUT2D eigenvalue weighted by Crippen LogP contribution is 2.21. The molecule has 1 heterocycles. The molecule has 0 unspecified atom stereocenters. The third kappa shape index (κ3) is 2.80. The van der Waals surface area contributed by atoms with E-state index in [-0.39, 0.29) is 5.78 Å². The molecule has 2 N–H and O–H groups in total. The number of benzene rings is 1. The highest BCUT2D eigenvalue weighted by molar-refractivity contribution is 7.27. The zero-order chi connectivity index (χ0) is 13.1. The van der Waals surface area contributed by atoms with Crippen LogP contribution in [0.2, 0.25) is 0 Å². The Morgan fingerprint density at radius 3 is 2.78 bits per heavy atom. The van der Waals surface area contributed by atoms with Gasteiger partial charge < -0.3 is 10.0 Å². The van der Waals surface area contributed by atoms with Crippen LogP contribution in [0, 0.1) is 0 Å². The maximum atomic E-state index is 11.9. The van der Waals surface area contributed by atoms with Gasteiger partial charge in [-0.3, -0.25) is 4.79 Å². The Morgan fingerprint density at radius 2 is 2.11 bits per heavy atom. The molecule has 1 aromatic carbocycles. The van der Waals surface area contributed by atoms with Crippen LogP contribution < -0.4 is 4.78 Å². The van der Waals surface area contributed by atoms with Crippen molar-refractivity contribution in [3.05, 3.63) is 29.8 Å². The van der Waals surface area contributed by atoms with Gasteiger partial charge in [-0.15, -0.1) is 11.3 Å². The van der Waals surface area contributed by atoms with Crippen molar-refractivity contribution < 1.29 is 14.8 Å². The van der Waals surface area contributed by atoms with Crippen LogP contribution in [0.5, 0.6) is 0 Å². The molecule has 0 saturated carbocycles. The van der Waals surface area contributed by atoms with Crippen molar-refractivity contribution in [1.82, 2.24) is 0 Å². The van der Waals surface area contributed by atoms with Crippen LogP contribution in [-0.2, 0) is 0 Å². The van der Waals surface area contributed by atoms with Crippen LogP contribution >= 0.6 is 11.3 Å². The molecule has 0 atom stereocenters. The molecule has 2 aromatic rings. The average Bonchev–Trinajstić information content (AvgIpc) is 2.78. The minimum Gasteiger partial charge on any atom is -0.423 e. The van der Waals surface area contributed by atoms with E-state index in [1.807, 2.05) is 18.2 Å². The fraction of sp³-hybridized carbons (Fsp3) is 0.308. The number of ketones is 1. The van der Waals surface area contributed by atoms with Crippen LogP contribution in [0.25, 0.3) is 10.1 Å². The first kappa shape index (κ1) is 13.3. The van der Waals surface area contributed by atoms with E-state index >= 15 is 0 Å². The van der Waals surface area contributed by atoms with Crippen LogP contribution in [0.15, 0.2) is 24.3 Å². The zero-order valence-electron chi connectivity index (χ0n) is 10.2. The minimum absolute atomic E-state index is 0.149. The summed E-state index contributed by atoms with van der Waals surface area (Å²) in [5, 5.41) is 19.1. The number of hydrogen-bond donors (Lipinski definition) is 2. The number of hydrogen-bond acceptors (Lipinski definition) is 4. The molecule has 18 heavy (non-hydrogen) atoms. The standard InChI is InChI=1S/C13H15BO3S/c1-2-3-4-11(15)9-5-6-12-10(7-9)8-13(18-12)14(16)17/h5-8,16-17H,2-4H2,1H3. The van der Waals surface area contributed by atoms with Gasteiger partial charge in [0.1, 0.15) is 0 Å². The fourth-order valence-electron chi connectivity index (χ4n) is 1.85. The summed E-state index contributed by atoms with van der Waals surface area (Å²) >= 11 is 1.33. The molecule has 2 rings (SSSR count). The first-order valence-corrected chi connectivity index (χ1v) is 6.86. The van der Waals surface area contributed by atoms with Gasteiger partial charge in [0.05, 0.1) is 0 Å². The van der Waals surface area contributed by atoms with Crippen LogP contribution in [-0.4, -0.2) is 22.9 Å². The molecule has 0 fully saturated rings. The van der Waals surface area contributed by atoms with Crippen molar-refractivity contribution in [2.75, 3.05) is 0 Å². The summed E-state index contributed by atoms with van der Waals surface area (Å²) in [6.45, 7) is 2.06. The van der Waals surface area contributed by atoms with Crippen molar-refractivity contribution in [3.63, 3.8) is 0 Å². The Balaban J connectivity index is 2.29. The molecular formula is C13H15BO3S. The lowest BCUT2D eigenvalue weighted by molar-refractivity contribution is 0.0980. The molecule has 3 nitrogen and oxygen atoms in total. The van der Waals surface area contributed by atoms with Crippen LogP contribution in [0.1, 0.15) is 36.5 Å². The van der Waals surface area contributed by atoms with E-state index in [0.717, 1.165) is 22.9 Å². The molecule has 1 aromatic heterocycles. The van der Waals surface area contributed by atoms with E-state index in [4.69, 9.17) is 10.0 Å². The molecule has 5 heteroatoms. The highest BCUT2D eigenvalue weighted by atomic mass is 32.1. The van der Waals surface area contributed by atoms with Crippen LogP contribution in [0.3, 0.4) is 0 Å². The monoisotopic (exact) mass is 262 g/mol. The predicted molar refractivity (Wildman–Crippen MR) is 75.5 cm³/mol. The number of carbonyl (C=O) groups is 1. The van der Waals surface area contributed by atoms with E-state index in [9.17, 15) is 4.79 Å². The van der Waals surface area contributed by atoms with E-state index in [1.165, 1.54) is 11.3 Å². The van der Waals surface area contributed by atoms with E-state index in [1.54, 1.807) is 6.07 Å². The van der Waals surface area contributed by atoms with Crippen molar-refractivity contribution in [2.45, 2.75) is 26.2 Å². The lowest BCUT2D eigenvalue weighted by Gasteiger charge is -1.99. The summed E-state index contributed by atoms with van der Waals surface area (Å²) < 4.78 is 1.47. The Labute approximate surface area is 110 Å². The molecule has 0 aliphatic carbocycles. The summed E-state index contributed by atoms with van der Waals surface area (Å²) in [5.74, 6) is 0.149. The Morgan fingerprint density at radius 1 is 1.33 bits per heavy atom. The Bertz CT molecular complexity index is 562. The summed E-state index contributed by atoms with van der Waals surface area (Å²) in [6, 6.07) is 7.23. The second-order valence-electron chi connectivity index (χ2n) is 4.30. The molecule has 0 spiro atoms. The largest absolute Gasteiger partial charge is 0.499 e. The normalized spacial score (nSPS) is 10.8. The van der Waals surface area contributed by atoms with Gasteiger partial charge in [-0.25, -0.2) is 0 Å².